The van der Waals surface area contributed by atoms with Crippen molar-refractivity contribution in [3.63, 3.8) is 0 Å². The molecule has 0 radical (unpaired) electrons. The highest BCUT2D eigenvalue weighted by Gasteiger charge is 2.28. The summed E-state index contributed by atoms with van der Waals surface area (Å²) in [6, 6.07) is 9.20. The number of likely N-dealkylation sites (N-methyl/N-ethyl adjacent to an activating group) is 1. The van der Waals surface area contributed by atoms with Gasteiger partial charge in [-0.05, 0) is 43.4 Å². The molecule has 1 heterocycles. The summed E-state index contributed by atoms with van der Waals surface area (Å²) in [4.78, 5) is 26.3. The fourth-order valence-electron chi connectivity index (χ4n) is 3.05. The minimum atomic E-state index is -3.73. The van der Waals surface area contributed by atoms with Crippen LogP contribution in [-0.2, 0) is 14.8 Å². The molecule has 10 heteroatoms. The zero-order chi connectivity index (χ0) is 21.9. The molecule has 1 fully saturated rings. The number of nitrogens with one attached hydrogen (secondary N) is 1. The number of halogens is 1. The van der Waals surface area contributed by atoms with Gasteiger partial charge in [0.15, 0.2) is 0 Å². The maximum Gasteiger partial charge on any atom is 0.340 e. The number of ether oxygens (including phenoxy) is 1. The Balaban J connectivity index is 1.81. The van der Waals surface area contributed by atoms with Gasteiger partial charge in [-0.15, -0.1) is 0 Å². The first-order valence-electron chi connectivity index (χ1n) is 9.20. The predicted molar refractivity (Wildman–Crippen MR) is 108 cm³/mol. The Morgan fingerprint density at radius 2 is 1.77 bits per heavy atom. The van der Waals surface area contributed by atoms with E-state index in [1.54, 1.807) is 0 Å². The van der Waals surface area contributed by atoms with Crippen LogP contribution in [0.2, 0.25) is 0 Å². The van der Waals surface area contributed by atoms with Crippen molar-refractivity contribution in [2.45, 2.75) is 4.90 Å². The third-order valence-corrected chi connectivity index (χ3v) is 6.72. The second-order valence-corrected chi connectivity index (χ2v) is 8.81. The Hall–Kier alpha value is -2.82. The lowest BCUT2D eigenvalue weighted by Crippen LogP contribution is -2.47. The molecule has 0 aromatic heterocycles. The van der Waals surface area contributed by atoms with E-state index in [1.807, 2.05) is 11.9 Å². The Bertz CT molecular complexity index is 1070. The van der Waals surface area contributed by atoms with Crippen LogP contribution in [0.15, 0.2) is 47.4 Å². The maximum atomic E-state index is 13.8. The quantitative estimate of drug-likeness (QED) is 0.720. The molecule has 1 aliphatic rings. The first-order chi connectivity index (χ1) is 14.2. The van der Waals surface area contributed by atoms with Gasteiger partial charge in [-0.2, -0.15) is 4.31 Å². The van der Waals surface area contributed by atoms with Gasteiger partial charge in [0.05, 0.1) is 17.6 Å². The van der Waals surface area contributed by atoms with E-state index in [0.717, 1.165) is 19.2 Å². The fourth-order valence-corrected chi connectivity index (χ4v) is 4.52. The van der Waals surface area contributed by atoms with Crippen LogP contribution in [-0.4, -0.2) is 69.8 Å². The van der Waals surface area contributed by atoms with E-state index in [-0.39, 0.29) is 21.7 Å². The van der Waals surface area contributed by atoms with Gasteiger partial charge >= 0.3 is 5.97 Å². The average Bonchev–Trinajstić information content (AvgIpc) is 2.75. The summed E-state index contributed by atoms with van der Waals surface area (Å²) >= 11 is 0. The zero-order valence-electron chi connectivity index (χ0n) is 16.6. The first-order valence-corrected chi connectivity index (χ1v) is 10.6. The number of piperazine rings is 1. The number of carbonyl (C=O) groups excluding carboxylic acids is 2. The lowest BCUT2D eigenvalue weighted by Gasteiger charge is -2.31. The number of nitrogens with zero attached hydrogens (tertiary/aromatic N) is 2. The Kier molecular flexibility index (Phi) is 6.49. The Labute approximate surface area is 174 Å². The minimum absolute atomic E-state index is 0.0223. The van der Waals surface area contributed by atoms with E-state index in [0.29, 0.717) is 26.2 Å². The second kappa shape index (κ2) is 8.90. The highest BCUT2D eigenvalue weighted by atomic mass is 32.2. The number of hydrogen-bond donors (Lipinski definition) is 1. The topological polar surface area (TPSA) is 96.0 Å². The minimum Gasteiger partial charge on any atom is -0.465 e. The van der Waals surface area contributed by atoms with Crippen LogP contribution < -0.4 is 5.32 Å². The summed E-state index contributed by atoms with van der Waals surface area (Å²) in [7, 11) is -0.674. The molecule has 1 aliphatic heterocycles. The van der Waals surface area contributed by atoms with Crippen molar-refractivity contribution in [3.8, 4) is 0 Å². The average molecular weight is 435 g/mol. The van der Waals surface area contributed by atoms with Gasteiger partial charge in [-0.1, -0.05) is 6.07 Å². The van der Waals surface area contributed by atoms with Gasteiger partial charge in [0, 0.05) is 37.4 Å². The molecule has 30 heavy (non-hydrogen) atoms. The summed E-state index contributed by atoms with van der Waals surface area (Å²) in [6.45, 7) is 2.02. The van der Waals surface area contributed by atoms with E-state index < -0.39 is 27.7 Å². The van der Waals surface area contributed by atoms with Gasteiger partial charge in [0.1, 0.15) is 5.82 Å². The van der Waals surface area contributed by atoms with Crippen LogP contribution >= 0.6 is 0 Å². The molecule has 0 aliphatic carbocycles. The molecule has 2 aromatic rings. The summed E-state index contributed by atoms with van der Waals surface area (Å²) < 4.78 is 45.5. The molecule has 0 unspecified atom stereocenters. The van der Waals surface area contributed by atoms with Crippen molar-refractivity contribution in [2.75, 3.05) is 45.7 Å². The van der Waals surface area contributed by atoms with Crippen molar-refractivity contribution in [1.82, 2.24) is 9.21 Å². The second-order valence-electron chi connectivity index (χ2n) is 6.88. The molecule has 1 amide bonds. The lowest BCUT2D eigenvalue weighted by atomic mass is 10.1. The van der Waals surface area contributed by atoms with Crippen molar-refractivity contribution in [1.29, 1.82) is 0 Å². The maximum absolute atomic E-state index is 13.8. The molecule has 0 bridgehead atoms. The number of hydrogen-bond acceptors (Lipinski definition) is 6. The van der Waals surface area contributed by atoms with Gasteiger partial charge in [0.2, 0.25) is 10.0 Å². The molecule has 0 spiro atoms. The third-order valence-electron chi connectivity index (χ3n) is 4.83. The monoisotopic (exact) mass is 435 g/mol. The standard InChI is InChI=1S/C20H22FN3O5S/c1-23-8-10-24(11-9-23)30(27,28)16-5-3-4-14(12-16)19(25)22-15-6-7-18(21)17(13-15)20(26)29-2/h3-7,12-13H,8-11H2,1-2H3,(H,22,25). The summed E-state index contributed by atoms with van der Waals surface area (Å²) in [5, 5.41) is 2.54. The van der Waals surface area contributed by atoms with Gasteiger partial charge in [-0.25, -0.2) is 17.6 Å². The smallest absolute Gasteiger partial charge is 0.340 e. The molecule has 0 saturated carbocycles. The van der Waals surface area contributed by atoms with Crippen LogP contribution in [0.5, 0.6) is 0 Å². The number of amides is 1. The molecule has 2 aromatic carbocycles. The number of carbonyl (C=O) groups is 2. The van der Waals surface area contributed by atoms with E-state index in [4.69, 9.17) is 0 Å². The van der Waals surface area contributed by atoms with Crippen LogP contribution in [0, 0.1) is 5.82 Å². The first kappa shape index (κ1) is 21.9. The molecule has 1 N–H and O–H groups in total. The predicted octanol–water partition coefficient (Wildman–Crippen LogP) is 1.80. The van der Waals surface area contributed by atoms with Crippen molar-refractivity contribution in [3.05, 3.63) is 59.4 Å². The molecule has 3 rings (SSSR count). The SMILES string of the molecule is COC(=O)c1cc(NC(=O)c2cccc(S(=O)(=O)N3CCN(C)CC3)c2)ccc1F. The number of anilines is 1. The number of methoxy groups -OCH3 is 1. The van der Waals surface area contributed by atoms with Gasteiger partial charge < -0.3 is 15.0 Å². The largest absolute Gasteiger partial charge is 0.465 e. The summed E-state index contributed by atoms with van der Waals surface area (Å²) in [6.07, 6.45) is 0. The normalized spacial score (nSPS) is 15.6. The number of benzene rings is 2. The molecule has 0 atom stereocenters. The number of esters is 1. The van der Waals surface area contributed by atoms with E-state index in [2.05, 4.69) is 10.1 Å². The summed E-state index contributed by atoms with van der Waals surface area (Å²) in [5.41, 5.74) is -0.0232. The molecule has 1 saturated heterocycles. The fraction of sp³-hybridized carbons (Fsp3) is 0.300. The van der Waals surface area contributed by atoms with Gasteiger partial charge in [0.25, 0.3) is 5.91 Å². The lowest BCUT2D eigenvalue weighted by molar-refractivity contribution is 0.0595. The van der Waals surface area contributed by atoms with Crippen molar-refractivity contribution >= 4 is 27.6 Å². The molecular formula is C20H22FN3O5S. The molecule has 8 nitrogen and oxygen atoms in total. The zero-order valence-corrected chi connectivity index (χ0v) is 17.4. The highest BCUT2D eigenvalue weighted by molar-refractivity contribution is 7.89. The van der Waals surface area contributed by atoms with Gasteiger partial charge in [-0.3, -0.25) is 4.79 Å². The summed E-state index contributed by atoms with van der Waals surface area (Å²) in [5.74, 6) is -2.24. The highest BCUT2D eigenvalue weighted by Crippen LogP contribution is 2.20. The van der Waals surface area contributed by atoms with E-state index in [9.17, 15) is 22.4 Å². The Morgan fingerprint density at radius 1 is 1.07 bits per heavy atom. The molecule has 160 valence electrons. The van der Waals surface area contributed by atoms with Crippen LogP contribution in [0.4, 0.5) is 10.1 Å². The van der Waals surface area contributed by atoms with E-state index in [1.165, 1.54) is 34.6 Å². The number of rotatable bonds is 5. The van der Waals surface area contributed by atoms with E-state index >= 15 is 0 Å². The Morgan fingerprint density at radius 3 is 2.43 bits per heavy atom. The van der Waals surface area contributed by atoms with Crippen molar-refractivity contribution in [2.24, 2.45) is 0 Å². The number of sulfonamides is 1. The van der Waals surface area contributed by atoms with Crippen LogP contribution in [0.1, 0.15) is 20.7 Å². The van der Waals surface area contributed by atoms with Crippen LogP contribution in [0.3, 0.4) is 0 Å². The van der Waals surface area contributed by atoms with Crippen molar-refractivity contribution < 1.29 is 27.1 Å². The van der Waals surface area contributed by atoms with Crippen LogP contribution in [0.25, 0.3) is 0 Å². The third kappa shape index (κ3) is 4.66. The molecular weight excluding hydrogens is 413 g/mol.